The van der Waals surface area contributed by atoms with E-state index < -0.39 is 0 Å². The third-order valence-electron chi connectivity index (χ3n) is 3.06. The summed E-state index contributed by atoms with van der Waals surface area (Å²) in [6, 6.07) is 1.85. The lowest BCUT2D eigenvalue weighted by Crippen LogP contribution is -2.46. The highest BCUT2D eigenvalue weighted by Crippen LogP contribution is 2.00. The molecule has 0 bridgehead atoms. The Balaban J connectivity index is 1.74. The van der Waals surface area contributed by atoms with Gasteiger partial charge in [0, 0.05) is 51.7 Å². The lowest BCUT2D eigenvalue weighted by molar-refractivity contribution is 0.0947. The largest absolute Gasteiger partial charge is 0.351 e. The Kier molecular flexibility index (Phi) is 4.66. The second kappa shape index (κ2) is 6.47. The molecule has 0 unspecified atom stereocenters. The molecule has 1 aromatic rings. The number of hydrogen-bond donors (Lipinski definition) is 2. The van der Waals surface area contributed by atoms with E-state index in [0.717, 1.165) is 38.3 Å². The Morgan fingerprint density at radius 1 is 1.44 bits per heavy atom. The van der Waals surface area contributed by atoms with Crippen LogP contribution in [-0.2, 0) is 0 Å². The van der Waals surface area contributed by atoms with E-state index in [9.17, 15) is 4.79 Å². The van der Waals surface area contributed by atoms with Crippen LogP contribution >= 0.6 is 0 Å². The highest BCUT2D eigenvalue weighted by atomic mass is 16.1. The van der Waals surface area contributed by atoms with E-state index in [1.807, 2.05) is 13.0 Å². The van der Waals surface area contributed by atoms with Gasteiger partial charge in [0.15, 0.2) is 0 Å². The van der Waals surface area contributed by atoms with Gasteiger partial charge in [-0.25, -0.2) is 0 Å². The molecule has 98 valence electrons. The SMILES string of the molecule is Cc1cncc(C(=O)NCCN2CCNCC2)c1. The highest BCUT2D eigenvalue weighted by molar-refractivity contribution is 5.93. The van der Waals surface area contributed by atoms with Gasteiger partial charge >= 0.3 is 0 Å². The zero-order valence-electron chi connectivity index (χ0n) is 10.8. The Bertz CT molecular complexity index is 402. The third-order valence-corrected chi connectivity index (χ3v) is 3.06. The van der Waals surface area contributed by atoms with E-state index in [0.29, 0.717) is 12.1 Å². The number of amides is 1. The minimum atomic E-state index is -0.0404. The van der Waals surface area contributed by atoms with Crippen molar-refractivity contribution in [2.75, 3.05) is 39.3 Å². The molecule has 1 saturated heterocycles. The molecular formula is C13H20N4O. The van der Waals surface area contributed by atoms with Gasteiger partial charge in [0.05, 0.1) is 5.56 Å². The topological polar surface area (TPSA) is 57.3 Å². The van der Waals surface area contributed by atoms with Gasteiger partial charge in [-0.15, -0.1) is 0 Å². The third kappa shape index (κ3) is 3.78. The van der Waals surface area contributed by atoms with E-state index in [-0.39, 0.29) is 5.91 Å². The molecule has 2 rings (SSSR count). The molecule has 1 aliphatic heterocycles. The van der Waals surface area contributed by atoms with Crippen LogP contribution < -0.4 is 10.6 Å². The van der Waals surface area contributed by atoms with E-state index in [4.69, 9.17) is 0 Å². The number of pyridine rings is 1. The van der Waals surface area contributed by atoms with Crippen molar-refractivity contribution >= 4 is 5.91 Å². The van der Waals surface area contributed by atoms with Crippen LogP contribution in [0.15, 0.2) is 18.5 Å². The molecule has 0 aromatic carbocycles. The van der Waals surface area contributed by atoms with Crippen molar-refractivity contribution in [1.29, 1.82) is 0 Å². The van der Waals surface area contributed by atoms with Gasteiger partial charge in [-0.2, -0.15) is 0 Å². The van der Waals surface area contributed by atoms with Gasteiger partial charge in [0.1, 0.15) is 0 Å². The van der Waals surface area contributed by atoms with Crippen LogP contribution in [0.5, 0.6) is 0 Å². The summed E-state index contributed by atoms with van der Waals surface area (Å²) in [6.07, 6.45) is 3.35. The normalized spacial score (nSPS) is 16.5. The minimum absolute atomic E-state index is 0.0404. The number of rotatable bonds is 4. The second-order valence-electron chi connectivity index (χ2n) is 4.60. The molecule has 5 nitrogen and oxygen atoms in total. The first-order chi connectivity index (χ1) is 8.75. The maximum Gasteiger partial charge on any atom is 0.252 e. The van der Waals surface area contributed by atoms with Crippen LogP contribution in [0.2, 0.25) is 0 Å². The number of piperazine rings is 1. The quantitative estimate of drug-likeness (QED) is 0.789. The Morgan fingerprint density at radius 3 is 2.94 bits per heavy atom. The Hall–Kier alpha value is -1.46. The fraction of sp³-hybridized carbons (Fsp3) is 0.538. The zero-order valence-corrected chi connectivity index (χ0v) is 10.8. The van der Waals surface area contributed by atoms with E-state index in [1.54, 1.807) is 12.4 Å². The van der Waals surface area contributed by atoms with Crippen molar-refractivity contribution in [2.24, 2.45) is 0 Å². The zero-order chi connectivity index (χ0) is 12.8. The summed E-state index contributed by atoms with van der Waals surface area (Å²) in [4.78, 5) is 18.2. The Morgan fingerprint density at radius 2 is 2.22 bits per heavy atom. The summed E-state index contributed by atoms with van der Waals surface area (Å²) >= 11 is 0. The van der Waals surface area contributed by atoms with Crippen LogP contribution in [-0.4, -0.2) is 55.1 Å². The van der Waals surface area contributed by atoms with Crippen molar-refractivity contribution in [3.8, 4) is 0 Å². The summed E-state index contributed by atoms with van der Waals surface area (Å²) in [5, 5.41) is 6.24. The van der Waals surface area contributed by atoms with Crippen molar-refractivity contribution in [3.63, 3.8) is 0 Å². The monoisotopic (exact) mass is 248 g/mol. The van der Waals surface area contributed by atoms with Crippen LogP contribution in [0.25, 0.3) is 0 Å². The molecule has 0 radical (unpaired) electrons. The molecule has 1 amide bonds. The standard InChI is InChI=1S/C13H20N4O/c1-11-8-12(10-15-9-11)13(18)16-4-7-17-5-2-14-3-6-17/h8-10,14H,2-7H2,1H3,(H,16,18). The molecule has 0 saturated carbocycles. The number of carbonyl (C=O) groups excluding carboxylic acids is 1. The molecule has 0 aliphatic carbocycles. The second-order valence-corrected chi connectivity index (χ2v) is 4.60. The van der Waals surface area contributed by atoms with Crippen LogP contribution in [0, 0.1) is 6.92 Å². The summed E-state index contributed by atoms with van der Waals surface area (Å²) < 4.78 is 0. The molecule has 1 fully saturated rings. The molecule has 0 atom stereocenters. The predicted molar refractivity (Wildman–Crippen MR) is 70.6 cm³/mol. The number of aromatic nitrogens is 1. The molecule has 5 heteroatoms. The molecule has 1 aromatic heterocycles. The van der Waals surface area contributed by atoms with E-state index in [1.165, 1.54) is 0 Å². The summed E-state index contributed by atoms with van der Waals surface area (Å²) in [5.41, 5.74) is 1.64. The van der Waals surface area contributed by atoms with Crippen LogP contribution in [0.3, 0.4) is 0 Å². The molecule has 2 N–H and O–H groups in total. The molecular weight excluding hydrogens is 228 g/mol. The first-order valence-corrected chi connectivity index (χ1v) is 6.38. The summed E-state index contributed by atoms with van der Waals surface area (Å²) in [6.45, 7) is 7.72. The van der Waals surface area contributed by atoms with Gasteiger partial charge in [-0.3, -0.25) is 14.7 Å². The van der Waals surface area contributed by atoms with Crippen molar-refractivity contribution < 1.29 is 4.79 Å². The minimum Gasteiger partial charge on any atom is -0.351 e. The van der Waals surface area contributed by atoms with Crippen molar-refractivity contribution in [3.05, 3.63) is 29.6 Å². The maximum absolute atomic E-state index is 11.9. The predicted octanol–water partition coefficient (Wildman–Crippen LogP) is 0.0250. The number of aryl methyl sites for hydroxylation is 1. The smallest absolute Gasteiger partial charge is 0.252 e. The Labute approximate surface area is 108 Å². The fourth-order valence-corrected chi connectivity index (χ4v) is 2.04. The first-order valence-electron chi connectivity index (χ1n) is 6.38. The van der Waals surface area contributed by atoms with E-state index >= 15 is 0 Å². The van der Waals surface area contributed by atoms with Gasteiger partial charge in [-0.05, 0) is 18.6 Å². The lowest BCUT2D eigenvalue weighted by Gasteiger charge is -2.27. The molecule has 1 aliphatic rings. The number of carbonyl (C=O) groups is 1. The average molecular weight is 248 g/mol. The molecule has 0 spiro atoms. The van der Waals surface area contributed by atoms with Crippen molar-refractivity contribution in [1.82, 2.24) is 20.5 Å². The highest BCUT2D eigenvalue weighted by Gasteiger charge is 2.10. The summed E-state index contributed by atoms with van der Waals surface area (Å²) in [5.74, 6) is -0.0404. The number of nitrogens with one attached hydrogen (secondary N) is 2. The van der Waals surface area contributed by atoms with Crippen molar-refractivity contribution in [2.45, 2.75) is 6.92 Å². The first kappa shape index (κ1) is 13.0. The molecule has 2 heterocycles. The van der Waals surface area contributed by atoms with Crippen LogP contribution in [0.4, 0.5) is 0 Å². The van der Waals surface area contributed by atoms with Gasteiger partial charge < -0.3 is 10.6 Å². The van der Waals surface area contributed by atoms with E-state index in [2.05, 4.69) is 20.5 Å². The van der Waals surface area contributed by atoms with Crippen LogP contribution in [0.1, 0.15) is 15.9 Å². The summed E-state index contributed by atoms with van der Waals surface area (Å²) in [7, 11) is 0. The lowest BCUT2D eigenvalue weighted by atomic mass is 10.2. The van der Waals surface area contributed by atoms with Gasteiger partial charge in [-0.1, -0.05) is 0 Å². The molecule has 18 heavy (non-hydrogen) atoms. The van der Waals surface area contributed by atoms with Gasteiger partial charge in [0.25, 0.3) is 5.91 Å². The fourth-order valence-electron chi connectivity index (χ4n) is 2.04. The average Bonchev–Trinajstić information content (AvgIpc) is 2.40. The van der Waals surface area contributed by atoms with Gasteiger partial charge in [0.2, 0.25) is 0 Å². The maximum atomic E-state index is 11.9. The number of nitrogens with zero attached hydrogens (tertiary/aromatic N) is 2. The number of hydrogen-bond acceptors (Lipinski definition) is 4.